The molecule has 1 unspecified atom stereocenters. The fraction of sp³-hybridized carbons (Fsp3) is 0.400. The lowest BCUT2D eigenvalue weighted by atomic mass is 9.95. The summed E-state index contributed by atoms with van der Waals surface area (Å²) in [7, 11) is 0. The number of nitrogens with zero attached hydrogens (tertiary/aromatic N) is 2. The lowest BCUT2D eigenvalue weighted by Gasteiger charge is -2.36. The number of carbonyl (C=O) groups is 1. The maximum absolute atomic E-state index is 12.1. The summed E-state index contributed by atoms with van der Waals surface area (Å²) in [5.41, 5.74) is -0.250. The molecule has 0 saturated carbocycles. The first-order chi connectivity index (χ1) is 9.87. The number of non-ortho nitro benzene ring substituents is 1. The van der Waals surface area contributed by atoms with Crippen molar-refractivity contribution in [3.63, 3.8) is 0 Å². The van der Waals surface area contributed by atoms with Gasteiger partial charge in [-0.1, -0.05) is 12.1 Å². The van der Waals surface area contributed by atoms with Crippen molar-refractivity contribution < 1.29 is 14.8 Å². The molecule has 1 heterocycles. The number of hydrogen-bond acceptors (Lipinski definition) is 4. The Morgan fingerprint density at radius 2 is 2.29 bits per heavy atom. The second-order valence-corrected chi connectivity index (χ2v) is 5.55. The maximum Gasteiger partial charge on any atom is 0.270 e. The number of carbonyl (C=O) groups excluding carboxylic acids is 1. The van der Waals surface area contributed by atoms with Crippen molar-refractivity contribution >= 4 is 17.7 Å². The van der Waals surface area contributed by atoms with Gasteiger partial charge in [-0.3, -0.25) is 14.9 Å². The Morgan fingerprint density at radius 1 is 1.52 bits per heavy atom. The van der Waals surface area contributed by atoms with Crippen LogP contribution in [0.25, 0.3) is 6.08 Å². The highest BCUT2D eigenvalue weighted by atomic mass is 16.6. The molecule has 0 aliphatic carbocycles. The van der Waals surface area contributed by atoms with Gasteiger partial charge in [0.05, 0.1) is 10.5 Å². The molecule has 1 saturated heterocycles. The van der Waals surface area contributed by atoms with Crippen LogP contribution >= 0.6 is 0 Å². The molecular formula is C15H18N2O4. The molecule has 1 atom stereocenters. The Balaban J connectivity index is 2.05. The number of likely N-dealkylation sites (tertiary alicyclic amines) is 1. The maximum atomic E-state index is 12.1. The number of nitro groups is 1. The molecule has 0 spiro atoms. The van der Waals surface area contributed by atoms with E-state index in [0.717, 1.165) is 6.42 Å². The molecule has 1 amide bonds. The predicted octanol–water partition coefficient (Wildman–Crippen LogP) is 1.98. The molecule has 1 N–H and O–H groups in total. The lowest BCUT2D eigenvalue weighted by molar-refractivity contribution is -0.384. The summed E-state index contributed by atoms with van der Waals surface area (Å²) in [6.07, 6.45) is 4.40. The zero-order chi connectivity index (χ0) is 15.5. The highest BCUT2D eigenvalue weighted by Gasteiger charge is 2.29. The zero-order valence-electron chi connectivity index (χ0n) is 11.9. The zero-order valence-corrected chi connectivity index (χ0v) is 11.9. The number of hydrogen-bond donors (Lipinski definition) is 1. The second-order valence-electron chi connectivity index (χ2n) is 5.55. The van der Waals surface area contributed by atoms with Gasteiger partial charge in [-0.05, 0) is 31.4 Å². The first-order valence-corrected chi connectivity index (χ1v) is 6.81. The van der Waals surface area contributed by atoms with Gasteiger partial charge in [0.25, 0.3) is 5.69 Å². The minimum Gasteiger partial charge on any atom is -0.388 e. The van der Waals surface area contributed by atoms with Gasteiger partial charge in [0.15, 0.2) is 0 Å². The van der Waals surface area contributed by atoms with E-state index in [9.17, 15) is 20.0 Å². The Morgan fingerprint density at radius 3 is 2.95 bits per heavy atom. The van der Waals surface area contributed by atoms with Crippen LogP contribution in [0.2, 0.25) is 0 Å². The largest absolute Gasteiger partial charge is 0.388 e. The average molecular weight is 290 g/mol. The van der Waals surface area contributed by atoms with Crippen molar-refractivity contribution in [1.82, 2.24) is 4.90 Å². The highest BCUT2D eigenvalue weighted by Crippen LogP contribution is 2.20. The SMILES string of the molecule is CC1(O)CCCN(C(=O)/C=C/c2cccc([N+](=O)[O-])c2)C1. The molecule has 1 aromatic carbocycles. The summed E-state index contributed by atoms with van der Waals surface area (Å²) in [5, 5.41) is 20.7. The average Bonchev–Trinajstić information content (AvgIpc) is 2.44. The van der Waals surface area contributed by atoms with E-state index >= 15 is 0 Å². The van der Waals surface area contributed by atoms with Crippen LogP contribution in [0.3, 0.4) is 0 Å². The molecule has 6 nitrogen and oxygen atoms in total. The number of nitro benzene ring substituents is 1. The third-order valence-electron chi connectivity index (χ3n) is 3.49. The smallest absolute Gasteiger partial charge is 0.270 e. The number of rotatable bonds is 3. The summed E-state index contributed by atoms with van der Waals surface area (Å²) in [5.74, 6) is -0.193. The van der Waals surface area contributed by atoms with E-state index in [0.29, 0.717) is 25.1 Å². The third kappa shape index (κ3) is 4.13. The minimum atomic E-state index is -0.840. The van der Waals surface area contributed by atoms with Gasteiger partial charge in [0.1, 0.15) is 0 Å². The van der Waals surface area contributed by atoms with Gasteiger partial charge in [-0.15, -0.1) is 0 Å². The molecule has 0 bridgehead atoms. The van der Waals surface area contributed by atoms with Crippen LogP contribution in [0.4, 0.5) is 5.69 Å². The van der Waals surface area contributed by atoms with E-state index in [1.165, 1.54) is 18.2 Å². The van der Waals surface area contributed by atoms with Gasteiger partial charge >= 0.3 is 0 Å². The summed E-state index contributed by atoms with van der Waals surface area (Å²) in [4.78, 5) is 23.9. The second kappa shape index (κ2) is 6.05. The molecule has 1 aliphatic rings. The van der Waals surface area contributed by atoms with Gasteiger partial charge in [0.2, 0.25) is 5.91 Å². The van der Waals surface area contributed by atoms with Gasteiger partial charge in [0, 0.05) is 31.3 Å². The van der Waals surface area contributed by atoms with E-state index in [1.807, 2.05) is 0 Å². The normalized spacial score (nSPS) is 22.5. The number of benzene rings is 1. The van der Waals surface area contributed by atoms with E-state index in [1.54, 1.807) is 30.0 Å². The quantitative estimate of drug-likeness (QED) is 0.524. The van der Waals surface area contributed by atoms with Gasteiger partial charge in [-0.2, -0.15) is 0 Å². The van der Waals surface area contributed by atoms with Crippen molar-refractivity contribution in [3.05, 3.63) is 46.0 Å². The Kier molecular flexibility index (Phi) is 4.37. The van der Waals surface area contributed by atoms with Crippen LogP contribution in [0.1, 0.15) is 25.3 Å². The van der Waals surface area contributed by atoms with E-state index in [2.05, 4.69) is 0 Å². The summed E-state index contributed by atoms with van der Waals surface area (Å²) < 4.78 is 0. The van der Waals surface area contributed by atoms with Crippen LogP contribution in [-0.4, -0.2) is 39.5 Å². The molecule has 112 valence electrons. The molecule has 1 fully saturated rings. The number of piperidine rings is 1. The first kappa shape index (κ1) is 15.2. The number of aliphatic hydroxyl groups is 1. The van der Waals surface area contributed by atoms with Crippen molar-refractivity contribution in [1.29, 1.82) is 0 Å². The molecule has 1 aromatic rings. The molecule has 1 aliphatic heterocycles. The van der Waals surface area contributed by atoms with Crippen LogP contribution in [0, 0.1) is 10.1 Å². The lowest BCUT2D eigenvalue weighted by Crippen LogP contribution is -2.48. The molecular weight excluding hydrogens is 272 g/mol. The van der Waals surface area contributed by atoms with Crippen molar-refractivity contribution in [3.8, 4) is 0 Å². The van der Waals surface area contributed by atoms with Gasteiger partial charge < -0.3 is 10.0 Å². The molecule has 2 rings (SSSR count). The van der Waals surface area contributed by atoms with E-state index in [-0.39, 0.29) is 11.6 Å². The predicted molar refractivity (Wildman–Crippen MR) is 78.6 cm³/mol. The van der Waals surface area contributed by atoms with Crippen molar-refractivity contribution in [2.24, 2.45) is 0 Å². The first-order valence-electron chi connectivity index (χ1n) is 6.81. The highest BCUT2D eigenvalue weighted by molar-refractivity contribution is 5.92. The minimum absolute atomic E-state index is 0.00879. The molecule has 21 heavy (non-hydrogen) atoms. The fourth-order valence-corrected chi connectivity index (χ4v) is 2.42. The Labute approximate surface area is 122 Å². The molecule has 6 heteroatoms. The summed E-state index contributed by atoms with van der Waals surface area (Å²) in [6.45, 7) is 2.65. The van der Waals surface area contributed by atoms with Crippen molar-refractivity contribution in [2.75, 3.05) is 13.1 Å². The van der Waals surface area contributed by atoms with Gasteiger partial charge in [-0.25, -0.2) is 0 Å². The molecule has 0 radical (unpaired) electrons. The van der Waals surface area contributed by atoms with E-state index in [4.69, 9.17) is 0 Å². The molecule has 0 aromatic heterocycles. The standard InChI is InChI=1S/C15H18N2O4/c1-15(19)8-3-9-16(11-15)14(18)7-6-12-4-2-5-13(10-12)17(20)21/h2,4-7,10,19H,3,8-9,11H2,1H3/b7-6+. The van der Waals surface area contributed by atoms with Crippen LogP contribution < -0.4 is 0 Å². The van der Waals surface area contributed by atoms with Crippen LogP contribution in [-0.2, 0) is 4.79 Å². The summed E-state index contributed by atoms with van der Waals surface area (Å²) >= 11 is 0. The van der Waals surface area contributed by atoms with Crippen LogP contribution in [0.5, 0.6) is 0 Å². The third-order valence-corrected chi connectivity index (χ3v) is 3.49. The van der Waals surface area contributed by atoms with Crippen molar-refractivity contribution in [2.45, 2.75) is 25.4 Å². The topological polar surface area (TPSA) is 83.7 Å². The monoisotopic (exact) mass is 290 g/mol. The van der Waals surface area contributed by atoms with E-state index < -0.39 is 10.5 Å². The fourth-order valence-electron chi connectivity index (χ4n) is 2.42. The number of β-amino-alcohol motifs (C(OH)–C–C–N with tert-alkyl or cyclic N) is 1. The Hall–Kier alpha value is -2.21. The van der Waals surface area contributed by atoms with Crippen LogP contribution in [0.15, 0.2) is 30.3 Å². The summed E-state index contributed by atoms with van der Waals surface area (Å²) in [6, 6.07) is 6.09. The number of amides is 1. The Bertz CT molecular complexity index is 581.